The molecule has 2 amide bonds. The van der Waals surface area contributed by atoms with E-state index in [1.165, 1.54) is 16.4 Å². The highest BCUT2D eigenvalue weighted by Crippen LogP contribution is 2.24. The predicted molar refractivity (Wildman–Crippen MR) is 119 cm³/mol. The number of hydrogen-bond donors (Lipinski definition) is 2. The average molecular weight is 482 g/mol. The third-order valence-electron chi connectivity index (χ3n) is 5.36. The van der Waals surface area contributed by atoms with Crippen molar-refractivity contribution in [2.45, 2.75) is 30.7 Å². The van der Waals surface area contributed by atoms with E-state index in [0.29, 0.717) is 24.4 Å². The van der Waals surface area contributed by atoms with Crippen molar-refractivity contribution >= 4 is 33.4 Å². The molecule has 1 aliphatic rings. The Morgan fingerprint density at radius 2 is 1.69 bits per heavy atom. The van der Waals surface area contributed by atoms with Gasteiger partial charge in [0.1, 0.15) is 5.82 Å². The van der Waals surface area contributed by atoms with Crippen LogP contribution in [0.1, 0.15) is 24.8 Å². The second-order valence-corrected chi connectivity index (χ2v) is 9.89. The van der Waals surface area contributed by atoms with Crippen molar-refractivity contribution in [1.82, 2.24) is 14.9 Å². The second kappa shape index (κ2) is 10.9. The molecule has 0 radical (unpaired) electrons. The number of sulfonamides is 1. The van der Waals surface area contributed by atoms with Gasteiger partial charge in [0, 0.05) is 43.5 Å². The summed E-state index contributed by atoms with van der Waals surface area (Å²) < 4.78 is 39.7. The number of rotatable bonds is 8. The molecular formula is C22H25ClFN3O4S. The molecule has 0 aliphatic carbocycles. The van der Waals surface area contributed by atoms with E-state index in [4.69, 9.17) is 11.6 Å². The molecule has 1 aliphatic heterocycles. The summed E-state index contributed by atoms with van der Waals surface area (Å²) in [6.45, 7) is 0.918. The van der Waals surface area contributed by atoms with E-state index in [1.54, 1.807) is 6.07 Å². The van der Waals surface area contributed by atoms with Gasteiger partial charge < -0.3 is 10.6 Å². The van der Waals surface area contributed by atoms with E-state index in [1.807, 2.05) is 18.2 Å². The van der Waals surface area contributed by atoms with Crippen molar-refractivity contribution in [2.75, 3.05) is 19.6 Å². The molecule has 7 nitrogen and oxygen atoms in total. The molecule has 172 valence electrons. The summed E-state index contributed by atoms with van der Waals surface area (Å²) in [6.07, 6.45) is 0.893. The molecule has 1 fully saturated rings. The van der Waals surface area contributed by atoms with Gasteiger partial charge in [0.05, 0.1) is 4.90 Å². The van der Waals surface area contributed by atoms with Crippen LogP contribution in [0.25, 0.3) is 0 Å². The maximum absolute atomic E-state index is 13.1. The first-order valence-corrected chi connectivity index (χ1v) is 12.1. The van der Waals surface area contributed by atoms with Gasteiger partial charge >= 0.3 is 0 Å². The summed E-state index contributed by atoms with van der Waals surface area (Å²) in [4.78, 5) is 24.4. The Kier molecular flexibility index (Phi) is 8.22. The summed E-state index contributed by atoms with van der Waals surface area (Å²) in [6, 6.07) is 11.9. The van der Waals surface area contributed by atoms with E-state index in [2.05, 4.69) is 10.6 Å². The number of carbonyl (C=O) groups excluding carboxylic acids is 2. The van der Waals surface area contributed by atoms with E-state index < -0.39 is 15.8 Å². The lowest BCUT2D eigenvalue weighted by atomic mass is 9.97. The molecule has 32 heavy (non-hydrogen) atoms. The van der Waals surface area contributed by atoms with Crippen LogP contribution in [-0.2, 0) is 26.2 Å². The summed E-state index contributed by atoms with van der Waals surface area (Å²) in [5.41, 5.74) is 0.814. The Balaban J connectivity index is 1.39. The second-order valence-electron chi connectivity index (χ2n) is 7.54. The summed E-state index contributed by atoms with van der Waals surface area (Å²) in [7, 11) is -3.72. The monoisotopic (exact) mass is 481 g/mol. The first-order valence-electron chi connectivity index (χ1n) is 10.3. The third-order valence-corrected chi connectivity index (χ3v) is 7.64. The zero-order valence-electron chi connectivity index (χ0n) is 17.4. The van der Waals surface area contributed by atoms with Gasteiger partial charge in [-0.1, -0.05) is 29.8 Å². The minimum Gasteiger partial charge on any atom is -0.355 e. The maximum Gasteiger partial charge on any atom is 0.243 e. The molecule has 0 saturated carbocycles. The molecule has 0 atom stereocenters. The molecule has 2 N–H and O–H groups in total. The van der Waals surface area contributed by atoms with Gasteiger partial charge in [0.25, 0.3) is 0 Å². The van der Waals surface area contributed by atoms with E-state index in [-0.39, 0.29) is 48.7 Å². The molecule has 1 heterocycles. The minimum atomic E-state index is -3.72. The van der Waals surface area contributed by atoms with Crippen LogP contribution in [-0.4, -0.2) is 44.2 Å². The third kappa shape index (κ3) is 6.27. The van der Waals surface area contributed by atoms with Crippen LogP contribution in [0.5, 0.6) is 0 Å². The number of halogens is 2. The number of nitrogens with one attached hydrogen (secondary N) is 2. The first-order chi connectivity index (χ1) is 15.3. The Hall–Kier alpha value is -2.49. The highest BCUT2D eigenvalue weighted by atomic mass is 35.5. The highest BCUT2D eigenvalue weighted by molar-refractivity contribution is 7.89. The van der Waals surface area contributed by atoms with Gasteiger partial charge in [-0.15, -0.1) is 0 Å². The van der Waals surface area contributed by atoms with E-state index in [0.717, 1.165) is 17.7 Å². The standard InChI is InChI=1S/C22H25ClFN3O4S/c23-20-4-2-1-3-17(20)15-26-21(28)9-12-25-22(29)16-10-13-27(14-11-16)32(30,31)19-7-5-18(24)6-8-19/h1-8,16H,9-15H2,(H,25,29)(H,26,28). The van der Waals surface area contributed by atoms with Gasteiger partial charge in [-0.25, -0.2) is 12.8 Å². The summed E-state index contributed by atoms with van der Waals surface area (Å²) in [5.74, 6) is -1.22. The molecule has 2 aromatic carbocycles. The molecule has 0 spiro atoms. The van der Waals surface area contributed by atoms with Gasteiger partial charge in [-0.05, 0) is 48.7 Å². The van der Waals surface area contributed by atoms with Crippen molar-refractivity contribution in [1.29, 1.82) is 0 Å². The fourth-order valence-corrected chi connectivity index (χ4v) is 5.15. The van der Waals surface area contributed by atoms with Crippen LogP contribution in [0.2, 0.25) is 5.02 Å². The molecule has 0 unspecified atom stereocenters. The van der Waals surface area contributed by atoms with Gasteiger partial charge in [0.15, 0.2) is 0 Å². The van der Waals surface area contributed by atoms with Crippen molar-refractivity contribution in [3.8, 4) is 0 Å². The van der Waals surface area contributed by atoms with Gasteiger partial charge in [-0.3, -0.25) is 9.59 Å². The lowest BCUT2D eigenvalue weighted by molar-refractivity contribution is -0.126. The van der Waals surface area contributed by atoms with Crippen molar-refractivity contribution in [3.05, 3.63) is 64.9 Å². The summed E-state index contributed by atoms with van der Waals surface area (Å²) >= 11 is 6.05. The van der Waals surface area contributed by atoms with Gasteiger partial charge in [-0.2, -0.15) is 4.31 Å². The summed E-state index contributed by atoms with van der Waals surface area (Å²) in [5, 5.41) is 6.09. The molecule has 3 rings (SSSR count). The van der Waals surface area contributed by atoms with Crippen molar-refractivity contribution < 1.29 is 22.4 Å². The lowest BCUT2D eigenvalue weighted by Gasteiger charge is -2.30. The topological polar surface area (TPSA) is 95.6 Å². The number of piperidine rings is 1. The predicted octanol–water partition coefficient (Wildman–Crippen LogP) is 2.70. The van der Waals surface area contributed by atoms with Crippen LogP contribution < -0.4 is 10.6 Å². The van der Waals surface area contributed by atoms with Crippen LogP contribution in [0.3, 0.4) is 0 Å². The highest BCUT2D eigenvalue weighted by Gasteiger charge is 2.32. The Bertz CT molecular complexity index is 1060. The number of carbonyl (C=O) groups is 2. The van der Waals surface area contributed by atoms with Crippen LogP contribution in [0.4, 0.5) is 4.39 Å². The lowest BCUT2D eigenvalue weighted by Crippen LogP contribution is -2.43. The van der Waals surface area contributed by atoms with Crippen LogP contribution in [0.15, 0.2) is 53.4 Å². The number of benzene rings is 2. The molecule has 1 saturated heterocycles. The van der Waals surface area contributed by atoms with Crippen LogP contribution >= 0.6 is 11.6 Å². The first kappa shape index (κ1) is 24.2. The number of hydrogen-bond acceptors (Lipinski definition) is 4. The Morgan fingerprint density at radius 3 is 2.34 bits per heavy atom. The normalized spacial score (nSPS) is 15.3. The zero-order chi connectivity index (χ0) is 23.1. The SMILES string of the molecule is O=C(CCNC(=O)C1CCN(S(=O)(=O)c2ccc(F)cc2)CC1)NCc1ccccc1Cl. The average Bonchev–Trinajstić information content (AvgIpc) is 2.79. The van der Waals surface area contributed by atoms with Crippen molar-refractivity contribution in [3.63, 3.8) is 0 Å². The molecule has 0 aromatic heterocycles. The molecular weight excluding hydrogens is 457 g/mol. The van der Waals surface area contributed by atoms with E-state index in [9.17, 15) is 22.4 Å². The molecule has 2 aromatic rings. The van der Waals surface area contributed by atoms with Crippen LogP contribution in [0, 0.1) is 11.7 Å². The molecule has 10 heteroatoms. The molecule has 0 bridgehead atoms. The van der Waals surface area contributed by atoms with Crippen molar-refractivity contribution in [2.24, 2.45) is 5.92 Å². The van der Waals surface area contributed by atoms with E-state index >= 15 is 0 Å². The Morgan fingerprint density at radius 1 is 1.03 bits per heavy atom. The fourth-order valence-electron chi connectivity index (χ4n) is 3.48. The number of nitrogens with zero attached hydrogens (tertiary/aromatic N) is 1. The van der Waals surface area contributed by atoms with Gasteiger partial charge in [0.2, 0.25) is 21.8 Å². The quantitative estimate of drug-likeness (QED) is 0.606. The smallest absolute Gasteiger partial charge is 0.243 e. The maximum atomic E-state index is 13.1. The minimum absolute atomic E-state index is 0.0320. The zero-order valence-corrected chi connectivity index (χ0v) is 19.0. The fraction of sp³-hybridized carbons (Fsp3) is 0.364. The largest absolute Gasteiger partial charge is 0.355 e. The Labute approximate surface area is 192 Å². The number of amides is 2.